The first kappa shape index (κ1) is 17.0. The lowest BCUT2D eigenvalue weighted by atomic mass is 9.89. The summed E-state index contributed by atoms with van der Waals surface area (Å²) in [5, 5.41) is 1.87. The van der Waals surface area contributed by atoms with E-state index in [0.29, 0.717) is 11.5 Å². The largest absolute Gasteiger partial charge is 0.497 e. The number of hydrogen-bond donors (Lipinski definition) is 1. The van der Waals surface area contributed by atoms with Crippen LogP contribution in [0.5, 0.6) is 5.75 Å². The van der Waals surface area contributed by atoms with Crippen molar-refractivity contribution in [2.45, 2.75) is 37.4 Å². The van der Waals surface area contributed by atoms with Gasteiger partial charge < -0.3 is 14.6 Å². The Kier molecular flexibility index (Phi) is 3.56. The van der Waals surface area contributed by atoms with Crippen molar-refractivity contribution in [1.82, 2.24) is 14.8 Å². The molecule has 1 aromatic heterocycles. The number of aromatic nitrogens is 1. The Morgan fingerprint density at radius 1 is 1.10 bits per heavy atom. The van der Waals surface area contributed by atoms with Crippen molar-refractivity contribution in [2.75, 3.05) is 7.11 Å². The first-order valence-corrected chi connectivity index (χ1v) is 10.5. The number of nitrogens with one attached hydrogen (secondary N) is 1. The number of fused-ring (bicyclic) bond motifs is 4. The van der Waals surface area contributed by atoms with Gasteiger partial charge in [0.25, 0.3) is 5.91 Å². The second-order valence-corrected chi connectivity index (χ2v) is 8.45. The van der Waals surface area contributed by atoms with Crippen molar-refractivity contribution >= 4 is 34.1 Å². The topological polar surface area (TPSA) is 48.6 Å². The first-order chi connectivity index (χ1) is 14.2. The molecule has 1 saturated heterocycles. The number of benzene rings is 2. The highest BCUT2D eigenvalue weighted by atomic mass is 32.1. The molecular weight excluding hydrogens is 382 g/mol. The number of ether oxygens (including phenoxy) is 1. The average molecular weight is 404 g/mol. The molecule has 5 nitrogen and oxygen atoms in total. The molecule has 3 heterocycles. The molecular formula is C23H21N3O2S. The van der Waals surface area contributed by atoms with Crippen LogP contribution < -0.4 is 4.74 Å². The van der Waals surface area contributed by atoms with Crippen molar-refractivity contribution in [1.29, 1.82) is 0 Å². The molecule has 2 fully saturated rings. The van der Waals surface area contributed by atoms with Crippen molar-refractivity contribution in [3.8, 4) is 5.75 Å². The highest BCUT2D eigenvalue weighted by Gasteiger charge is 2.53. The van der Waals surface area contributed by atoms with E-state index in [0.717, 1.165) is 35.4 Å². The Morgan fingerprint density at radius 3 is 2.59 bits per heavy atom. The van der Waals surface area contributed by atoms with Gasteiger partial charge in [0.15, 0.2) is 5.11 Å². The smallest absolute Gasteiger partial charge is 0.252 e. The fraction of sp³-hybridized carbons (Fsp3) is 0.304. The van der Waals surface area contributed by atoms with E-state index >= 15 is 0 Å². The number of methoxy groups -OCH3 is 1. The third kappa shape index (κ3) is 2.38. The van der Waals surface area contributed by atoms with Gasteiger partial charge in [-0.2, -0.15) is 0 Å². The molecule has 2 atom stereocenters. The minimum Gasteiger partial charge on any atom is -0.497 e. The molecule has 0 spiro atoms. The fourth-order valence-corrected chi connectivity index (χ4v) is 5.37. The summed E-state index contributed by atoms with van der Waals surface area (Å²) >= 11 is 5.86. The molecule has 1 aliphatic carbocycles. The third-order valence-electron chi connectivity index (χ3n) is 6.42. The Balaban J connectivity index is 1.55. The van der Waals surface area contributed by atoms with Gasteiger partial charge in [-0.1, -0.05) is 30.3 Å². The lowest BCUT2D eigenvalue weighted by Gasteiger charge is -2.37. The quantitative estimate of drug-likeness (QED) is 0.676. The summed E-state index contributed by atoms with van der Waals surface area (Å²) in [6.45, 7) is 0. The minimum absolute atomic E-state index is 0.109. The van der Waals surface area contributed by atoms with Gasteiger partial charge in [-0.25, -0.2) is 0 Å². The Bertz CT molecular complexity index is 1150. The van der Waals surface area contributed by atoms with Crippen LogP contribution in [0.15, 0.2) is 48.5 Å². The number of rotatable bonds is 3. The minimum atomic E-state index is -0.234. The maximum Gasteiger partial charge on any atom is 0.252 e. The molecule has 0 bridgehead atoms. The van der Waals surface area contributed by atoms with E-state index in [1.54, 1.807) is 7.11 Å². The molecule has 3 aliphatic rings. The van der Waals surface area contributed by atoms with E-state index < -0.39 is 0 Å². The molecule has 3 aromatic rings. The Labute approximate surface area is 174 Å². The standard InChI is InChI=1S/C23H21N3O2S/c1-28-15-10-6-13(7-11-15)21-20-17(16-4-2-3-5-18(16)24-20)12-19-22(27)25(14-8-9-14)23(29)26(19)21/h2-7,10-11,14,19,21,24H,8-9,12H2,1H3. The SMILES string of the molecule is COc1ccc(C2c3[nH]c4ccccc4c3CC3C(=O)N(C4CC4)C(=S)N32)cc1. The molecule has 1 N–H and O–H groups in total. The fourth-order valence-electron chi connectivity index (χ4n) is 4.90. The zero-order valence-corrected chi connectivity index (χ0v) is 16.9. The molecule has 6 heteroatoms. The number of hydrogen-bond acceptors (Lipinski definition) is 3. The number of nitrogens with zero attached hydrogens (tertiary/aromatic N) is 2. The van der Waals surface area contributed by atoms with E-state index in [4.69, 9.17) is 17.0 Å². The predicted octanol–water partition coefficient (Wildman–Crippen LogP) is 3.78. The monoisotopic (exact) mass is 403 g/mol. The van der Waals surface area contributed by atoms with E-state index in [1.807, 2.05) is 23.1 Å². The summed E-state index contributed by atoms with van der Waals surface area (Å²) in [6.07, 6.45) is 2.79. The van der Waals surface area contributed by atoms with Crippen LogP contribution in [-0.4, -0.2) is 45.0 Å². The number of carbonyl (C=O) groups excluding carboxylic acids is 1. The van der Waals surface area contributed by atoms with Gasteiger partial charge in [-0.05, 0) is 54.4 Å². The van der Waals surface area contributed by atoms with Crippen LogP contribution >= 0.6 is 12.2 Å². The Morgan fingerprint density at radius 2 is 1.86 bits per heavy atom. The van der Waals surface area contributed by atoms with Crippen molar-refractivity contribution in [3.05, 3.63) is 65.4 Å². The predicted molar refractivity (Wildman–Crippen MR) is 115 cm³/mol. The molecule has 2 unspecified atom stereocenters. The summed E-state index contributed by atoms with van der Waals surface area (Å²) in [7, 11) is 1.67. The van der Waals surface area contributed by atoms with Gasteiger partial charge in [-0.15, -0.1) is 0 Å². The zero-order valence-electron chi connectivity index (χ0n) is 16.1. The van der Waals surface area contributed by atoms with Crippen molar-refractivity contribution in [2.24, 2.45) is 0 Å². The lowest BCUT2D eigenvalue weighted by Crippen LogP contribution is -2.44. The average Bonchev–Trinajstić information content (AvgIpc) is 3.46. The second kappa shape index (κ2) is 6.07. The van der Waals surface area contributed by atoms with Crippen LogP contribution in [0.1, 0.15) is 35.7 Å². The normalized spacial score (nSPS) is 23.5. The van der Waals surface area contributed by atoms with Crippen LogP contribution in [0.3, 0.4) is 0 Å². The first-order valence-electron chi connectivity index (χ1n) is 10.1. The van der Waals surface area contributed by atoms with Gasteiger partial charge in [0.05, 0.1) is 13.2 Å². The van der Waals surface area contributed by atoms with Gasteiger partial charge in [0.2, 0.25) is 0 Å². The molecule has 1 saturated carbocycles. The molecule has 0 radical (unpaired) electrons. The number of aromatic amines is 1. The second-order valence-electron chi connectivity index (χ2n) is 8.09. The number of para-hydroxylation sites is 1. The van der Waals surface area contributed by atoms with Crippen molar-refractivity contribution in [3.63, 3.8) is 0 Å². The van der Waals surface area contributed by atoms with E-state index in [9.17, 15) is 4.79 Å². The lowest BCUT2D eigenvalue weighted by molar-refractivity contribution is -0.128. The third-order valence-corrected chi connectivity index (χ3v) is 6.83. The molecule has 2 aliphatic heterocycles. The summed E-state index contributed by atoms with van der Waals surface area (Å²) in [5.41, 5.74) is 4.59. The number of H-pyrrole nitrogens is 1. The maximum atomic E-state index is 13.3. The van der Waals surface area contributed by atoms with E-state index in [1.165, 1.54) is 10.9 Å². The van der Waals surface area contributed by atoms with E-state index in [2.05, 4.69) is 40.2 Å². The number of carbonyl (C=O) groups is 1. The zero-order chi connectivity index (χ0) is 19.7. The summed E-state index contributed by atoms with van der Waals surface area (Å²) < 4.78 is 5.35. The molecule has 2 aromatic carbocycles. The van der Waals surface area contributed by atoms with Gasteiger partial charge in [0, 0.05) is 29.1 Å². The van der Waals surface area contributed by atoms with Gasteiger partial charge >= 0.3 is 0 Å². The van der Waals surface area contributed by atoms with Crippen LogP contribution in [0.25, 0.3) is 10.9 Å². The molecule has 29 heavy (non-hydrogen) atoms. The summed E-state index contributed by atoms with van der Waals surface area (Å²) in [6, 6.07) is 16.4. The number of amides is 1. The van der Waals surface area contributed by atoms with Crippen molar-refractivity contribution < 1.29 is 9.53 Å². The molecule has 6 rings (SSSR count). The Hall–Kier alpha value is -2.86. The van der Waals surface area contributed by atoms with Crippen LogP contribution in [0.2, 0.25) is 0 Å². The maximum absolute atomic E-state index is 13.3. The number of thiocarbonyl (C=S) groups is 1. The summed E-state index contributed by atoms with van der Waals surface area (Å²) in [5.74, 6) is 0.976. The van der Waals surface area contributed by atoms with Gasteiger partial charge in [-0.3, -0.25) is 9.69 Å². The molecule has 146 valence electrons. The highest BCUT2D eigenvalue weighted by molar-refractivity contribution is 7.80. The van der Waals surface area contributed by atoms with E-state index in [-0.39, 0.29) is 24.0 Å². The van der Waals surface area contributed by atoms with Crippen LogP contribution in [0.4, 0.5) is 0 Å². The van der Waals surface area contributed by atoms with Crippen LogP contribution in [-0.2, 0) is 11.2 Å². The molecule has 1 amide bonds. The summed E-state index contributed by atoms with van der Waals surface area (Å²) in [4.78, 5) is 21.0. The van der Waals surface area contributed by atoms with Crippen LogP contribution in [0, 0.1) is 0 Å². The highest BCUT2D eigenvalue weighted by Crippen LogP contribution is 2.46. The van der Waals surface area contributed by atoms with Gasteiger partial charge in [0.1, 0.15) is 11.8 Å².